The Morgan fingerprint density at radius 3 is 2.67 bits per heavy atom. The van der Waals surface area contributed by atoms with Gasteiger partial charge in [-0.3, -0.25) is 0 Å². The van der Waals surface area contributed by atoms with Gasteiger partial charge >= 0.3 is 6.09 Å². The number of carboxylic acid groups (broad SMARTS) is 1. The van der Waals surface area contributed by atoms with E-state index < -0.39 is 6.09 Å². The zero-order valence-electron chi connectivity index (χ0n) is 5.30. The van der Waals surface area contributed by atoms with Crippen LogP contribution in [0.4, 0.5) is 4.79 Å². The lowest BCUT2D eigenvalue weighted by molar-refractivity contribution is 0.156. The van der Waals surface area contributed by atoms with Gasteiger partial charge in [0.1, 0.15) is 0 Å². The molecule has 0 aromatic rings. The number of hydrogen-bond donors (Lipinski definition) is 1. The van der Waals surface area contributed by atoms with Crippen LogP contribution < -0.4 is 0 Å². The molecule has 0 aliphatic rings. The Morgan fingerprint density at radius 2 is 2.33 bits per heavy atom. The van der Waals surface area contributed by atoms with Crippen LogP contribution in [-0.2, 0) is 0 Å². The summed E-state index contributed by atoms with van der Waals surface area (Å²) in [5.74, 6) is 0. The Kier molecular flexibility index (Phi) is 4.84. The molecule has 0 atom stereocenters. The largest absolute Gasteiger partial charge is 0.465 e. The van der Waals surface area contributed by atoms with Gasteiger partial charge in [-0.2, -0.15) is 0 Å². The van der Waals surface area contributed by atoms with Gasteiger partial charge in [0.25, 0.3) is 0 Å². The highest BCUT2D eigenvalue weighted by molar-refractivity contribution is 14.1. The van der Waals surface area contributed by atoms with E-state index in [4.69, 9.17) is 5.11 Å². The van der Waals surface area contributed by atoms with E-state index in [1.165, 1.54) is 4.90 Å². The van der Waals surface area contributed by atoms with Crippen LogP contribution in [0, 0.1) is 0 Å². The van der Waals surface area contributed by atoms with E-state index >= 15 is 0 Å². The highest BCUT2D eigenvalue weighted by Gasteiger charge is 2.01. The van der Waals surface area contributed by atoms with Gasteiger partial charge in [-0.25, -0.2) is 4.79 Å². The summed E-state index contributed by atoms with van der Waals surface area (Å²) in [5, 5.41) is 8.33. The van der Waals surface area contributed by atoms with Crippen molar-refractivity contribution in [2.45, 2.75) is 6.42 Å². The summed E-state index contributed by atoms with van der Waals surface area (Å²) in [6.45, 7) is 0.637. The van der Waals surface area contributed by atoms with Crippen molar-refractivity contribution < 1.29 is 9.90 Å². The summed E-state index contributed by atoms with van der Waals surface area (Å²) < 4.78 is 1.01. The molecule has 0 rings (SSSR count). The normalized spacial score (nSPS) is 9.11. The number of amides is 1. The number of carbonyl (C=O) groups is 1. The fraction of sp³-hybridized carbons (Fsp3) is 0.800. The molecule has 0 radical (unpaired) electrons. The van der Waals surface area contributed by atoms with E-state index in [9.17, 15) is 4.79 Å². The smallest absolute Gasteiger partial charge is 0.407 e. The number of nitrogens with zero attached hydrogens (tertiary/aromatic N) is 1. The van der Waals surface area contributed by atoms with Gasteiger partial charge in [0.05, 0.1) is 0 Å². The second-order valence-corrected chi connectivity index (χ2v) is 2.83. The summed E-state index contributed by atoms with van der Waals surface area (Å²) in [7, 11) is 1.58. The average molecular weight is 243 g/mol. The molecule has 9 heavy (non-hydrogen) atoms. The number of hydrogen-bond acceptors (Lipinski definition) is 1. The average Bonchev–Trinajstić information content (AvgIpc) is 1.82. The minimum Gasteiger partial charge on any atom is -0.465 e. The lowest BCUT2D eigenvalue weighted by Crippen LogP contribution is -2.25. The van der Waals surface area contributed by atoms with Crippen LogP contribution in [0.1, 0.15) is 6.42 Å². The molecule has 0 fully saturated rings. The predicted molar refractivity (Wildman–Crippen MR) is 44.2 cm³/mol. The molecule has 4 heteroatoms. The van der Waals surface area contributed by atoms with Crippen LogP contribution in [0.25, 0.3) is 0 Å². The molecular formula is C5H10INO2. The Bertz CT molecular complexity index is 97.0. The highest BCUT2D eigenvalue weighted by atomic mass is 127. The molecule has 0 aliphatic heterocycles. The van der Waals surface area contributed by atoms with Crippen LogP contribution >= 0.6 is 22.6 Å². The van der Waals surface area contributed by atoms with Crippen molar-refractivity contribution in [2.24, 2.45) is 0 Å². The van der Waals surface area contributed by atoms with Crippen molar-refractivity contribution in [1.29, 1.82) is 0 Å². The zero-order valence-corrected chi connectivity index (χ0v) is 7.46. The van der Waals surface area contributed by atoms with Gasteiger partial charge in [0, 0.05) is 18.0 Å². The first-order valence-corrected chi connectivity index (χ1v) is 4.21. The van der Waals surface area contributed by atoms with Gasteiger partial charge < -0.3 is 10.0 Å². The maximum absolute atomic E-state index is 10.1. The second kappa shape index (κ2) is 4.84. The fourth-order valence-corrected chi connectivity index (χ4v) is 0.734. The first-order chi connectivity index (χ1) is 4.18. The van der Waals surface area contributed by atoms with E-state index in [0.717, 1.165) is 10.8 Å². The molecule has 0 saturated carbocycles. The summed E-state index contributed by atoms with van der Waals surface area (Å²) in [4.78, 5) is 11.4. The molecule has 0 bridgehead atoms. The van der Waals surface area contributed by atoms with E-state index in [0.29, 0.717) is 6.54 Å². The number of rotatable bonds is 3. The van der Waals surface area contributed by atoms with Crippen molar-refractivity contribution in [1.82, 2.24) is 4.90 Å². The topological polar surface area (TPSA) is 40.5 Å². The molecule has 0 unspecified atom stereocenters. The molecule has 54 valence electrons. The number of halogens is 1. The Balaban J connectivity index is 3.27. The SMILES string of the molecule is CN(CCCI)C(=O)O. The monoisotopic (exact) mass is 243 g/mol. The maximum Gasteiger partial charge on any atom is 0.407 e. The van der Waals surface area contributed by atoms with Crippen LogP contribution in [0.3, 0.4) is 0 Å². The van der Waals surface area contributed by atoms with Crippen LogP contribution in [0.15, 0.2) is 0 Å². The summed E-state index contributed by atoms with van der Waals surface area (Å²) in [6.07, 6.45) is 0.0865. The molecule has 0 aliphatic carbocycles. The van der Waals surface area contributed by atoms with Crippen LogP contribution in [-0.4, -0.2) is 34.1 Å². The highest BCUT2D eigenvalue weighted by Crippen LogP contribution is 1.91. The van der Waals surface area contributed by atoms with E-state index in [2.05, 4.69) is 22.6 Å². The van der Waals surface area contributed by atoms with E-state index in [1.54, 1.807) is 7.05 Å². The van der Waals surface area contributed by atoms with Gasteiger partial charge in [0.2, 0.25) is 0 Å². The maximum atomic E-state index is 10.1. The Labute approximate surface area is 68.2 Å². The van der Waals surface area contributed by atoms with Crippen molar-refractivity contribution in [3.05, 3.63) is 0 Å². The third-order valence-corrected chi connectivity index (χ3v) is 1.72. The van der Waals surface area contributed by atoms with Crippen molar-refractivity contribution >= 4 is 28.7 Å². The summed E-state index contributed by atoms with van der Waals surface area (Å²) >= 11 is 2.22. The first kappa shape index (κ1) is 9.00. The first-order valence-electron chi connectivity index (χ1n) is 2.68. The standard InChI is InChI=1S/C5H10INO2/c1-7(5(8)9)4-2-3-6/h2-4H2,1H3,(H,8,9). The summed E-state index contributed by atoms with van der Waals surface area (Å²) in [5.41, 5.74) is 0. The fourth-order valence-electron chi connectivity index (χ4n) is 0.393. The van der Waals surface area contributed by atoms with Crippen molar-refractivity contribution in [3.63, 3.8) is 0 Å². The quantitative estimate of drug-likeness (QED) is 0.601. The minimum absolute atomic E-state index is 0.637. The van der Waals surface area contributed by atoms with Crippen LogP contribution in [0.2, 0.25) is 0 Å². The molecule has 0 aromatic carbocycles. The van der Waals surface area contributed by atoms with E-state index in [1.807, 2.05) is 0 Å². The van der Waals surface area contributed by atoms with Gasteiger partial charge in [-0.15, -0.1) is 0 Å². The van der Waals surface area contributed by atoms with Gasteiger partial charge in [-0.05, 0) is 6.42 Å². The lowest BCUT2D eigenvalue weighted by Gasteiger charge is -2.10. The Hall–Kier alpha value is 0. The lowest BCUT2D eigenvalue weighted by atomic mass is 10.5. The molecule has 0 heterocycles. The van der Waals surface area contributed by atoms with Crippen LogP contribution in [0.5, 0.6) is 0 Å². The van der Waals surface area contributed by atoms with Crippen molar-refractivity contribution in [3.8, 4) is 0 Å². The molecule has 0 aromatic heterocycles. The van der Waals surface area contributed by atoms with E-state index in [-0.39, 0.29) is 0 Å². The molecular weight excluding hydrogens is 233 g/mol. The molecule has 1 N–H and O–H groups in total. The molecule has 3 nitrogen and oxygen atoms in total. The third-order valence-electron chi connectivity index (χ3n) is 0.954. The number of alkyl halides is 1. The summed E-state index contributed by atoms with van der Waals surface area (Å²) in [6, 6.07) is 0. The zero-order chi connectivity index (χ0) is 7.28. The van der Waals surface area contributed by atoms with Gasteiger partial charge in [-0.1, -0.05) is 22.6 Å². The van der Waals surface area contributed by atoms with Gasteiger partial charge in [0.15, 0.2) is 0 Å². The third kappa shape index (κ3) is 4.50. The minimum atomic E-state index is -0.847. The molecule has 0 saturated heterocycles. The van der Waals surface area contributed by atoms with Crippen molar-refractivity contribution in [2.75, 3.05) is 18.0 Å². The second-order valence-electron chi connectivity index (χ2n) is 1.75. The predicted octanol–water partition coefficient (Wildman–Crippen LogP) is 1.42. The molecule has 0 spiro atoms. The molecule has 1 amide bonds. The Morgan fingerprint density at radius 1 is 1.78 bits per heavy atom.